The first-order valence-electron chi connectivity index (χ1n) is 3.05. The Balaban J connectivity index is 4.52. The Bertz CT molecular complexity index is 255. The molecule has 0 aromatic heterocycles. The number of hydroxylamine groups is 1. The number of hydrogen-bond acceptors (Lipinski definition) is 4. The monoisotopic (exact) mass is 215 g/mol. The van der Waals surface area contributed by atoms with Crippen molar-refractivity contribution in [2.45, 2.75) is 26.4 Å². The third kappa shape index (κ3) is 4.53. The molecule has 0 saturated carbocycles. The van der Waals surface area contributed by atoms with Gasteiger partial charge >= 0.3 is 9.24 Å². The highest BCUT2D eigenvalue weighted by atomic mass is 35.7. The molecular weight excluding hydrogens is 206 g/mol. The van der Waals surface area contributed by atoms with Crippen molar-refractivity contribution in [3.63, 3.8) is 0 Å². The average Bonchev–Trinajstić information content (AvgIpc) is 1.78. The summed E-state index contributed by atoms with van der Waals surface area (Å²) in [4.78, 5) is 14.9. The molecule has 7 heteroatoms. The van der Waals surface area contributed by atoms with Crippen molar-refractivity contribution in [3.05, 3.63) is 0 Å². The molecule has 0 atom stereocenters. The van der Waals surface area contributed by atoms with Gasteiger partial charge in [0.25, 0.3) is 0 Å². The summed E-state index contributed by atoms with van der Waals surface area (Å²) in [5.41, 5.74) is -0.789. The average molecular weight is 216 g/mol. The van der Waals surface area contributed by atoms with Crippen molar-refractivity contribution < 1.29 is 18.0 Å². The second-order valence-electron chi connectivity index (χ2n) is 3.01. The Morgan fingerprint density at radius 1 is 1.42 bits per heavy atom. The van der Waals surface area contributed by atoms with Gasteiger partial charge in [0.15, 0.2) is 0 Å². The number of carbonyl (C=O) groups excluding carboxylic acids is 1. The molecule has 0 fully saturated rings. The minimum Gasteiger partial charge on any atom is -0.275 e. The number of hydrogen-bond donors (Lipinski definition) is 0. The Kier molecular flexibility index (Phi) is 3.49. The zero-order valence-electron chi connectivity index (χ0n) is 6.94. The molecule has 0 N–H and O–H groups in total. The standard InChI is InChI=1S/C5H10ClNO4S/c1-5(2,3)11-7(4-8)12(6,9)10/h4H,1-3H3. The van der Waals surface area contributed by atoms with E-state index >= 15 is 0 Å². The summed E-state index contributed by atoms with van der Waals surface area (Å²) in [6.07, 6.45) is -0.00637. The fraction of sp³-hybridized carbons (Fsp3) is 0.800. The molecule has 72 valence electrons. The van der Waals surface area contributed by atoms with Crippen LogP contribution >= 0.6 is 10.7 Å². The summed E-state index contributed by atoms with van der Waals surface area (Å²) >= 11 is 0. The van der Waals surface area contributed by atoms with Crippen LogP contribution in [0.1, 0.15) is 20.8 Å². The predicted octanol–water partition coefficient (Wildman–Crippen LogP) is 0.659. The van der Waals surface area contributed by atoms with Crippen LogP contribution in [-0.4, -0.2) is 24.9 Å². The molecular formula is C5H10ClNO4S. The molecule has 0 unspecified atom stereocenters. The van der Waals surface area contributed by atoms with Crippen LogP contribution in [0.4, 0.5) is 0 Å². The first-order valence-corrected chi connectivity index (χ1v) is 5.32. The van der Waals surface area contributed by atoms with Gasteiger partial charge in [0, 0.05) is 10.7 Å². The number of halogens is 1. The third-order valence-corrected chi connectivity index (χ3v) is 1.66. The van der Waals surface area contributed by atoms with Crippen LogP contribution in [0.25, 0.3) is 0 Å². The van der Waals surface area contributed by atoms with Crippen LogP contribution in [0.5, 0.6) is 0 Å². The van der Waals surface area contributed by atoms with E-state index in [-0.39, 0.29) is 10.9 Å². The summed E-state index contributed by atoms with van der Waals surface area (Å²) in [5.74, 6) is 0. The number of rotatable bonds is 3. The zero-order valence-corrected chi connectivity index (χ0v) is 8.52. The second-order valence-corrected chi connectivity index (χ2v) is 5.36. The lowest BCUT2D eigenvalue weighted by Crippen LogP contribution is -2.35. The Labute approximate surface area is 75.8 Å². The van der Waals surface area contributed by atoms with Crippen LogP contribution in [0.15, 0.2) is 0 Å². The molecule has 1 amide bonds. The fourth-order valence-corrected chi connectivity index (χ4v) is 0.985. The van der Waals surface area contributed by atoms with E-state index in [0.29, 0.717) is 0 Å². The maximum absolute atomic E-state index is 10.6. The van der Waals surface area contributed by atoms with Gasteiger partial charge in [-0.1, -0.05) is 4.47 Å². The molecule has 5 nitrogen and oxygen atoms in total. The SMILES string of the molecule is CC(C)(C)ON(C=O)S(=O)(=O)Cl. The summed E-state index contributed by atoms with van der Waals surface area (Å²) in [5, 5.41) is 0. The van der Waals surface area contributed by atoms with Gasteiger partial charge in [-0.3, -0.25) is 4.79 Å². The molecule has 0 aliphatic rings. The summed E-state index contributed by atoms with van der Waals surface area (Å²) in [6, 6.07) is 0. The summed E-state index contributed by atoms with van der Waals surface area (Å²) < 4.78 is 21.2. The van der Waals surface area contributed by atoms with Gasteiger partial charge in [0.1, 0.15) is 0 Å². The smallest absolute Gasteiger partial charge is 0.275 e. The highest BCUT2D eigenvalue weighted by Crippen LogP contribution is 2.14. The minimum absolute atomic E-state index is 0.00637. The number of nitrogens with zero attached hydrogens (tertiary/aromatic N) is 1. The highest BCUT2D eigenvalue weighted by Gasteiger charge is 2.24. The van der Waals surface area contributed by atoms with Crippen LogP contribution < -0.4 is 0 Å². The first-order chi connectivity index (χ1) is 5.17. The van der Waals surface area contributed by atoms with Crippen molar-refractivity contribution in [2.24, 2.45) is 0 Å². The van der Waals surface area contributed by atoms with Crippen LogP contribution in [0.3, 0.4) is 0 Å². The van der Waals surface area contributed by atoms with Gasteiger partial charge < -0.3 is 0 Å². The van der Waals surface area contributed by atoms with Crippen molar-refractivity contribution in [2.75, 3.05) is 0 Å². The minimum atomic E-state index is -4.13. The molecule has 0 saturated heterocycles. The van der Waals surface area contributed by atoms with Crippen LogP contribution in [-0.2, 0) is 18.9 Å². The normalized spacial score (nSPS) is 12.7. The fourth-order valence-electron chi connectivity index (χ4n) is 0.387. The molecule has 0 heterocycles. The van der Waals surface area contributed by atoms with E-state index in [1.165, 1.54) is 0 Å². The van der Waals surface area contributed by atoms with E-state index in [1.54, 1.807) is 20.8 Å². The highest BCUT2D eigenvalue weighted by molar-refractivity contribution is 8.12. The largest absolute Gasteiger partial charge is 0.346 e. The third-order valence-electron chi connectivity index (χ3n) is 0.665. The van der Waals surface area contributed by atoms with Gasteiger partial charge in [-0.2, -0.15) is 8.42 Å². The van der Waals surface area contributed by atoms with E-state index in [4.69, 9.17) is 15.5 Å². The van der Waals surface area contributed by atoms with Gasteiger partial charge in [0.05, 0.1) is 5.60 Å². The van der Waals surface area contributed by atoms with Crippen molar-refractivity contribution in [1.29, 1.82) is 0 Å². The van der Waals surface area contributed by atoms with Crippen molar-refractivity contribution in [1.82, 2.24) is 4.47 Å². The van der Waals surface area contributed by atoms with E-state index in [1.807, 2.05) is 0 Å². The Morgan fingerprint density at radius 3 is 1.92 bits per heavy atom. The Morgan fingerprint density at radius 2 is 1.83 bits per heavy atom. The maximum Gasteiger partial charge on any atom is 0.346 e. The summed E-state index contributed by atoms with van der Waals surface area (Å²) in [7, 11) is 0.714. The second kappa shape index (κ2) is 3.59. The van der Waals surface area contributed by atoms with Crippen LogP contribution in [0.2, 0.25) is 0 Å². The quantitative estimate of drug-likeness (QED) is 0.394. The number of amides is 1. The zero-order chi connectivity index (χ0) is 9.99. The van der Waals surface area contributed by atoms with Gasteiger partial charge in [-0.25, -0.2) is 4.84 Å². The van der Waals surface area contributed by atoms with Gasteiger partial charge in [0.2, 0.25) is 6.41 Å². The summed E-state index contributed by atoms with van der Waals surface area (Å²) in [6.45, 7) is 4.77. The Hall–Kier alpha value is -0.330. The van der Waals surface area contributed by atoms with Crippen LogP contribution in [0, 0.1) is 0 Å². The van der Waals surface area contributed by atoms with E-state index in [2.05, 4.69) is 0 Å². The van der Waals surface area contributed by atoms with E-state index < -0.39 is 14.8 Å². The molecule has 0 rings (SSSR count). The molecule has 0 aromatic rings. The molecule has 12 heavy (non-hydrogen) atoms. The first kappa shape index (κ1) is 11.7. The van der Waals surface area contributed by atoms with Gasteiger partial charge in [-0.05, 0) is 20.8 Å². The molecule has 0 aliphatic heterocycles. The molecule has 0 spiro atoms. The van der Waals surface area contributed by atoms with Gasteiger partial charge in [-0.15, -0.1) is 0 Å². The molecule has 0 aromatic carbocycles. The van der Waals surface area contributed by atoms with Crippen molar-refractivity contribution in [3.8, 4) is 0 Å². The topological polar surface area (TPSA) is 63.7 Å². The van der Waals surface area contributed by atoms with E-state index in [9.17, 15) is 13.2 Å². The molecule has 0 aliphatic carbocycles. The predicted molar refractivity (Wildman–Crippen MR) is 43.5 cm³/mol. The molecule has 0 radical (unpaired) electrons. The van der Waals surface area contributed by atoms with Crippen molar-refractivity contribution >= 4 is 26.3 Å². The molecule has 0 bridgehead atoms. The maximum atomic E-state index is 10.6. The number of carbonyl (C=O) groups is 1. The lowest BCUT2D eigenvalue weighted by molar-refractivity contribution is -0.175. The van der Waals surface area contributed by atoms with E-state index in [0.717, 1.165) is 0 Å². The lowest BCUT2D eigenvalue weighted by atomic mass is 10.2. The lowest BCUT2D eigenvalue weighted by Gasteiger charge is -2.23.